The van der Waals surface area contributed by atoms with Crippen LogP contribution in [-0.2, 0) is 4.79 Å². The molecule has 0 saturated carbocycles. The van der Waals surface area contributed by atoms with E-state index in [2.05, 4.69) is 5.32 Å². The highest BCUT2D eigenvalue weighted by atomic mass is 16.6. The van der Waals surface area contributed by atoms with E-state index in [4.69, 9.17) is 9.47 Å². The second-order valence-electron chi connectivity index (χ2n) is 5.35. The first-order chi connectivity index (χ1) is 12.5. The molecule has 0 aliphatic carbocycles. The van der Waals surface area contributed by atoms with E-state index in [1.165, 1.54) is 31.4 Å². The molecule has 0 aliphatic rings. The lowest BCUT2D eigenvalue weighted by Gasteiger charge is -2.09. The number of carbonyl (C=O) groups excluding carboxylic acids is 1. The number of nitrogens with zero attached hydrogens (tertiary/aromatic N) is 1. The summed E-state index contributed by atoms with van der Waals surface area (Å²) in [6.45, 7) is 2.60. The number of nitro groups is 1. The molecule has 136 valence electrons. The number of benzene rings is 2. The van der Waals surface area contributed by atoms with Gasteiger partial charge in [0.2, 0.25) is 5.91 Å². The fraction of sp³-hybridized carbons (Fsp3) is 0.211. The highest BCUT2D eigenvalue weighted by Gasteiger charge is 2.12. The number of para-hydroxylation sites is 1. The van der Waals surface area contributed by atoms with E-state index >= 15 is 0 Å². The van der Waals surface area contributed by atoms with Gasteiger partial charge in [0, 0.05) is 23.8 Å². The van der Waals surface area contributed by atoms with Crippen molar-refractivity contribution >= 4 is 23.4 Å². The Kier molecular flexibility index (Phi) is 6.73. The molecule has 7 nitrogen and oxygen atoms in total. The molecule has 1 N–H and O–H groups in total. The Bertz CT molecular complexity index is 817. The number of methoxy groups -OCH3 is 1. The molecular formula is C19H20N2O5. The molecule has 0 bridgehead atoms. The summed E-state index contributed by atoms with van der Waals surface area (Å²) >= 11 is 0. The second kappa shape index (κ2) is 9.22. The maximum atomic E-state index is 12.2. The van der Waals surface area contributed by atoms with Gasteiger partial charge in [0.25, 0.3) is 5.69 Å². The highest BCUT2D eigenvalue weighted by Crippen LogP contribution is 2.29. The van der Waals surface area contributed by atoms with Gasteiger partial charge in [-0.05, 0) is 24.6 Å². The van der Waals surface area contributed by atoms with Crippen molar-refractivity contribution in [2.75, 3.05) is 19.0 Å². The van der Waals surface area contributed by atoms with Gasteiger partial charge in [-0.2, -0.15) is 0 Å². The van der Waals surface area contributed by atoms with Crippen LogP contribution in [-0.4, -0.2) is 24.5 Å². The van der Waals surface area contributed by atoms with Gasteiger partial charge in [-0.1, -0.05) is 25.1 Å². The molecule has 0 aromatic heterocycles. The molecule has 0 spiro atoms. The molecule has 0 aliphatic heterocycles. The van der Waals surface area contributed by atoms with Crippen molar-refractivity contribution in [3.05, 3.63) is 64.2 Å². The van der Waals surface area contributed by atoms with Crippen molar-refractivity contribution in [1.82, 2.24) is 0 Å². The Morgan fingerprint density at radius 2 is 2.00 bits per heavy atom. The van der Waals surface area contributed by atoms with Crippen molar-refractivity contribution in [2.24, 2.45) is 0 Å². The first-order valence-electron chi connectivity index (χ1n) is 8.08. The van der Waals surface area contributed by atoms with Crippen LogP contribution in [0.4, 0.5) is 11.4 Å². The number of hydrogen-bond acceptors (Lipinski definition) is 5. The van der Waals surface area contributed by atoms with E-state index in [0.717, 1.165) is 12.0 Å². The Hall–Kier alpha value is -3.35. The molecule has 0 unspecified atom stereocenters. The quantitative estimate of drug-likeness (QED) is 0.438. The lowest BCUT2D eigenvalue weighted by molar-refractivity contribution is -0.384. The average Bonchev–Trinajstić information content (AvgIpc) is 2.65. The van der Waals surface area contributed by atoms with Crippen LogP contribution >= 0.6 is 0 Å². The number of non-ortho nitro benzene ring substituents is 1. The van der Waals surface area contributed by atoms with Crippen LogP contribution in [0.5, 0.6) is 11.5 Å². The van der Waals surface area contributed by atoms with Gasteiger partial charge in [-0.25, -0.2) is 0 Å². The van der Waals surface area contributed by atoms with E-state index in [1.54, 1.807) is 6.08 Å². The SMILES string of the molecule is CCCOc1ccccc1/C=C/C(=O)Nc1cc([N+](=O)[O-])ccc1OC. The third kappa shape index (κ3) is 5.07. The Labute approximate surface area is 151 Å². The van der Waals surface area contributed by atoms with Gasteiger partial charge in [-0.15, -0.1) is 0 Å². The second-order valence-corrected chi connectivity index (χ2v) is 5.35. The summed E-state index contributed by atoms with van der Waals surface area (Å²) in [5.41, 5.74) is 0.859. The molecule has 0 saturated heterocycles. The van der Waals surface area contributed by atoms with Crippen LogP contribution in [0, 0.1) is 10.1 Å². The van der Waals surface area contributed by atoms with E-state index in [0.29, 0.717) is 18.1 Å². The lowest BCUT2D eigenvalue weighted by atomic mass is 10.2. The Balaban J connectivity index is 2.15. The number of rotatable bonds is 8. The van der Waals surface area contributed by atoms with Crippen LogP contribution in [0.3, 0.4) is 0 Å². The van der Waals surface area contributed by atoms with Crippen LogP contribution in [0.1, 0.15) is 18.9 Å². The summed E-state index contributed by atoms with van der Waals surface area (Å²) in [5.74, 6) is 0.587. The van der Waals surface area contributed by atoms with E-state index in [-0.39, 0.29) is 11.4 Å². The Morgan fingerprint density at radius 1 is 1.23 bits per heavy atom. The maximum absolute atomic E-state index is 12.2. The smallest absolute Gasteiger partial charge is 0.271 e. The van der Waals surface area contributed by atoms with Crippen molar-refractivity contribution in [1.29, 1.82) is 0 Å². The van der Waals surface area contributed by atoms with Crippen molar-refractivity contribution in [3.63, 3.8) is 0 Å². The lowest BCUT2D eigenvalue weighted by Crippen LogP contribution is -2.09. The molecule has 2 rings (SSSR count). The van der Waals surface area contributed by atoms with Gasteiger partial charge >= 0.3 is 0 Å². The fourth-order valence-corrected chi connectivity index (χ4v) is 2.21. The molecule has 0 radical (unpaired) electrons. The first kappa shape index (κ1) is 19.0. The summed E-state index contributed by atoms with van der Waals surface area (Å²) in [6.07, 6.45) is 3.85. The monoisotopic (exact) mass is 356 g/mol. The molecule has 2 aromatic rings. The molecule has 26 heavy (non-hydrogen) atoms. The minimum Gasteiger partial charge on any atom is -0.495 e. The zero-order chi connectivity index (χ0) is 18.9. The Morgan fingerprint density at radius 3 is 2.69 bits per heavy atom. The number of ether oxygens (including phenoxy) is 2. The van der Waals surface area contributed by atoms with E-state index < -0.39 is 10.8 Å². The molecule has 0 atom stereocenters. The summed E-state index contributed by atoms with van der Waals surface area (Å²) in [7, 11) is 1.42. The minimum atomic E-state index is -0.535. The molecular weight excluding hydrogens is 336 g/mol. The molecule has 0 heterocycles. The largest absolute Gasteiger partial charge is 0.495 e. The predicted molar refractivity (Wildman–Crippen MR) is 99.5 cm³/mol. The van der Waals surface area contributed by atoms with Gasteiger partial charge in [0.15, 0.2) is 0 Å². The number of anilines is 1. The summed E-state index contributed by atoms with van der Waals surface area (Å²) < 4.78 is 10.8. The number of hydrogen-bond donors (Lipinski definition) is 1. The molecule has 7 heteroatoms. The third-order valence-corrected chi connectivity index (χ3v) is 3.45. The van der Waals surface area contributed by atoms with Gasteiger partial charge < -0.3 is 14.8 Å². The van der Waals surface area contributed by atoms with Crippen molar-refractivity contribution in [2.45, 2.75) is 13.3 Å². The van der Waals surface area contributed by atoms with Crippen molar-refractivity contribution in [3.8, 4) is 11.5 Å². The summed E-state index contributed by atoms with van der Waals surface area (Å²) in [5, 5.41) is 13.5. The normalized spacial score (nSPS) is 10.5. The molecule has 2 aromatic carbocycles. The van der Waals surface area contributed by atoms with Crippen LogP contribution in [0.15, 0.2) is 48.5 Å². The maximum Gasteiger partial charge on any atom is 0.271 e. The first-order valence-corrected chi connectivity index (χ1v) is 8.08. The topological polar surface area (TPSA) is 90.7 Å². The summed E-state index contributed by atoms with van der Waals surface area (Å²) in [4.78, 5) is 22.6. The number of nitro benzene ring substituents is 1. The third-order valence-electron chi connectivity index (χ3n) is 3.45. The molecule has 1 amide bonds. The van der Waals surface area contributed by atoms with Gasteiger partial charge in [-0.3, -0.25) is 14.9 Å². The van der Waals surface area contributed by atoms with Crippen LogP contribution in [0.25, 0.3) is 6.08 Å². The van der Waals surface area contributed by atoms with Crippen molar-refractivity contribution < 1.29 is 19.2 Å². The van der Waals surface area contributed by atoms with Crippen LogP contribution < -0.4 is 14.8 Å². The van der Waals surface area contributed by atoms with Crippen LogP contribution in [0.2, 0.25) is 0 Å². The number of nitrogens with one attached hydrogen (secondary N) is 1. The minimum absolute atomic E-state index is 0.136. The summed E-state index contributed by atoms with van der Waals surface area (Å²) in [6, 6.07) is 11.4. The van der Waals surface area contributed by atoms with E-state index in [1.807, 2.05) is 31.2 Å². The average molecular weight is 356 g/mol. The number of amides is 1. The van der Waals surface area contributed by atoms with Gasteiger partial charge in [0.1, 0.15) is 11.5 Å². The van der Waals surface area contributed by atoms with Gasteiger partial charge in [0.05, 0.1) is 24.3 Å². The predicted octanol–water partition coefficient (Wildman–Crippen LogP) is 4.04. The highest BCUT2D eigenvalue weighted by molar-refractivity contribution is 6.03. The van der Waals surface area contributed by atoms with E-state index in [9.17, 15) is 14.9 Å². The zero-order valence-corrected chi connectivity index (χ0v) is 14.6. The molecule has 0 fully saturated rings. The standard InChI is InChI=1S/C19H20N2O5/c1-3-12-26-17-7-5-4-6-14(17)8-11-19(22)20-16-13-15(21(23)24)9-10-18(16)25-2/h4-11,13H,3,12H2,1-2H3,(H,20,22)/b11-8+. The zero-order valence-electron chi connectivity index (χ0n) is 14.6. The fourth-order valence-electron chi connectivity index (χ4n) is 2.21. The number of carbonyl (C=O) groups is 1.